The molecule has 0 spiro atoms. The van der Waals surface area contributed by atoms with Gasteiger partial charge in [-0.3, -0.25) is 0 Å². The first-order valence-corrected chi connectivity index (χ1v) is 16.8. The number of para-hydroxylation sites is 5. The molecule has 8 aromatic carbocycles. The second-order valence-electron chi connectivity index (χ2n) is 12.7. The van der Waals surface area contributed by atoms with Crippen LogP contribution in [-0.4, -0.2) is 13.7 Å². The van der Waals surface area contributed by atoms with Crippen molar-refractivity contribution in [1.29, 1.82) is 0 Å². The van der Waals surface area contributed by atoms with Crippen molar-refractivity contribution in [3.63, 3.8) is 0 Å². The summed E-state index contributed by atoms with van der Waals surface area (Å²) in [7, 11) is 0. The SMILES string of the molecule is [2H]c1c([2H])c([2H])c(-c2c([2H])c([2H])c([2H])c([2H])c2-n2c3ccccc3c3ccc(-n4c5ccccc5c5c(-n6c7ccccc7c7ccccc76)cccc54)cc32)c([2H])c1[2H]. The molecular weight excluding hydrogens is 619 g/mol. The maximum Gasteiger partial charge on any atom is 0.0645 e. The molecule has 51 heavy (non-hydrogen) atoms. The molecule has 0 unspecified atom stereocenters. The molecule has 0 N–H and O–H groups in total. The lowest BCUT2D eigenvalue weighted by atomic mass is 10.0. The Kier molecular flexibility index (Phi) is 4.38. The summed E-state index contributed by atoms with van der Waals surface area (Å²) in [6, 6.07) is 40.2. The molecule has 0 fully saturated rings. The minimum atomic E-state index is -0.597. The standard InChI is InChI=1S/C48H31N3/c1-2-15-32(16-3-1)34-17-4-9-22-40(34)51-43-25-12-7-20-37(43)38-30-29-33(31-47(38)51)49-44-26-13-8-21-39(44)48-45(49)27-14-28-46(48)50-41-23-10-5-18-35(41)36-19-6-11-24-42(36)50/h1-31H/i1D,2D,3D,4D,9D,15D,16D,17D,22D. The Morgan fingerprint density at radius 2 is 0.863 bits per heavy atom. The van der Waals surface area contributed by atoms with Crippen LogP contribution in [0.2, 0.25) is 0 Å². The largest absolute Gasteiger partial charge is 0.309 e. The van der Waals surface area contributed by atoms with E-state index in [1.165, 1.54) is 0 Å². The highest BCUT2D eigenvalue weighted by Crippen LogP contribution is 2.42. The van der Waals surface area contributed by atoms with Gasteiger partial charge in [-0.15, -0.1) is 0 Å². The van der Waals surface area contributed by atoms with Gasteiger partial charge in [0, 0.05) is 43.6 Å². The van der Waals surface area contributed by atoms with Gasteiger partial charge in [0.2, 0.25) is 0 Å². The summed E-state index contributed by atoms with van der Waals surface area (Å²) in [5, 5.41) is 6.05. The van der Waals surface area contributed by atoms with Crippen LogP contribution >= 0.6 is 0 Å². The van der Waals surface area contributed by atoms with Crippen molar-refractivity contribution in [2.24, 2.45) is 0 Å². The molecule has 0 aliphatic carbocycles. The van der Waals surface area contributed by atoms with E-state index < -0.39 is 54.4 Å². The molecule has 238 valence electrons. The quantitative estimate of drug-likeness (QED) is 0.179. The minimum Gasteiger partial charge on any atom is -0.309 e. The molecule has 0 saturated carbocycles. The molecule has 11 rings (SSSR count). The summed E-state index contributed by atoms with van der Waals surface area (Å²) >= 11 is 0. The number of nitrogens with zero attached hydrogens (tertiary/aromatic N) is 3. The van der Waals surface area contributed by atoms with Gasteiger partial charge < -0.3 is 13.7 Å². The van der Waals surface area contributed by atoms with Crippen LogP contribution in [-0.2, 0) is 0 Å². The smallest absolute Gasteiger partial charge is 0.0645 e. The number of hydrogen-bond acceptors (Lipinski definition) is 0. The third-order valence-corrected chi connectivity index (χ3v) is 10.1. The van der Waals surface area contributed by atoms with Gasteiger partial charge in [0.15, 0.2) is 0 Å². The normalized spacial score (nSPS) is 14.4. The van der Waals surface area contributed by atoms with Gasteiger partial charge >= 0.3 is 0 Å². The van der Waals surface area contributed by atoms with Crippen molar-refractivity contribution in [2.75, 3.05) is 0 Å². The van der Waals surface area contributed by atoms with Crippen molar-refractivity contribution in [3.05, 3.63) is 188 Å². The molecule has 3 heterocycles. The van der Waals surface area contributed by atoms with Crippen molar-refractivity contribution < 1.29 is 12.3 Å². The van der Waals surface area contributed by atoms with Crippen LogP contribution in [0, 0.1) is 0 Å². The van der Waals surface area contributed by atoms with Gasteiger partial charge in [-0.1, -0.05) is 133 Å². The lowest BCUT2D eigenvalue weighted by Crippen LogP contribution is -1.99. The van der Waals surface area contributed by atoms with Crippen molar-refractivity contribution in [3.8, 4) is 28.2 Å². The predicted octanol–water partition coefficient (Wildman–Crippen LogP) is 12.6. The van der Waals surface area contributed by atoms with Crippen molar-refractivity contribution in [2.45, 2.75) is 0 Å². The van der Waals surface area contributed by atoms with E-state index in [1.807, 2.05) is 48.5 Å². The fourth-order valence-electron chi connectivity index (χ4n) is 8.02. The Bertz CT molecular complexity index is 3590. The van der Waals surface area contributed by atoms with E-state index in [-0.39, 0.29) is 16.8 Å². The third kappa shape index (κ3) is 4.00. The maximum atomic E-state index is 9.38. The second-order valence-corrected chi connectivity index (χ2v) is 12.7. The molecule has 0 aliphatic heterocycles. The van der Waals surface area contributed by atoms with Gasteiger partial charge in [0.05, 0.1) is 56.8 Å². The second kappa shape index (κ2) is 10.8. The van der Waals surface area contributed by atoms with Crippen LogP contribution in [0.15, 0.2) is 188 Å². The molecule has 0 radical (unpaired) electrons. The molecular formula is C48H31N3. The summed E-state index contributed by atoms with van der Waals surface area (Å²) in [6.45, 7) is 0. The van der Waals surface area contributed by atoms with E-state index in [9.17, 15) is 2.74 Å². The highest BCUT2D eigenvalue weighted by molar-refractivity contribution is 6.17. The Labute approximate surface area is 307 Å². The fraction of sp³-hybridized carbons (Fsp3) is 0. The first-order chi connectivity index (χ1) is 29.1. The Balaban J connectivity index is 1.25. The van der Waals surface area contributed by atoms with Crippen molar-refractivity contribution in [1.82, 2.24) is 13.7 Å². The number of hydrogen-bond donors (Lipinski definition) is 0. The van der Waals surface area contributed by atoms with Gasteiger partial charge in [-0.05, 0) is 60.1 Å². The monoisotopic (exact) mass is 658 g/mol. The molecule has 3 heteroatoms. The van der Waals surface area contributed by atoms with E-state index in [0.717, 1.165) is 65.8 Å². The molecule has 0 atom stereocenters. The molecule has 0 amide bonds. The van der Waals surface area contributed by atoms with Crippen LogP contribution in [0.4, 0.5) is 0 Å². The number of aromatic nitrogens is 3. The molecule has 0 bridgehead atoms. The molecule has 11 aromatic rings. The van der Waals surface area contributed by atoms with Crippen LogP contribution in [0.5, 0.6) is 0 Å². The molecule has 0 saturated heterocycles. The van der Waals surface area contributed by atoms with Crippen LogP contribution in [0.3, 0.4) is 0 Å². The molecule has 3 aromatic heterocycles. The number of rotatable bonds is 4. The van der Waals surface area contributed by atoms with Gasteiger partial charge in [0.1, 0.15) is 0 Å². The van der Waals surface area contributed by atoms with E-state index in [4.69, 9.17) is 9.60 Å². The van der Waals surface area contributed by atoms with E-state index in [1.54, 1.807) is 4.57 Å². The highest BCUT2D eigenvalue weighted by Gasteiger charge is 2.21. The summed E-state index contributed by atoms with van der Waals surface area (Å²) in [5.41, 5.74) is 6.66. The van der Waals surface area contributed by atoms with Gasteiger partial charge in [-0.25, -0.2) is 0 Å². The van der Waals surface area contributed by atoms with Crippen LogP contribution in [0.25, 0.3) is 93.6 Å². The number of fused-ring (bicyclic) bond motifs is 9. The summed E-state index contributed by atoms with van der Waals surface area (Å²) in [4.78, 5) is 0. The first kappa shape index (κ1) is 20.6. The molecule has 3 nitrogen and oxygen atoms in total. The summed E-state index contributed by atoms with van der Waals surface area (Å²) in [5.74, 6) is 0. The van der Waals surface area contributed by atoms with E-state index in [2.05, 4.69) is 94.1 Å². The zero-order chi connectivity index (χ0) is 41.3. The van der Waals surface area contributed by atoms with Gasteiger partial charge in [0.25, 0.3) is 0 Å². The zero-order valence-corrected chi connectivity index (χ0v) is 27.0. The van der Waals surface area contributed by atoms with E-state index in [0.29, 0.717) is 11.0 Å². The first-order valence-electron chi connectivity index (χ1n) is 21.3. The summed E-state index contributed by atoms with van der Waals surface area (Å²) < 4.78 is 85.4. The third-order valence-electron chi connectivity index (χ3n) is 10.1. The Morgan fingerprint density at radius 1 is 0.353 bits per heavy atom. The van der Waals surface area contributed by atoms with Crippen LogP contribution in [0.1, 0.15) is 12.3 Å². The van der Waals surface area contributed by atoms with E-state index >= 15 is 0 Å². The predicted molar refractivity (Wildman–Crippen MR) is 215 cm³/mol. The lowest BCUT2D eigenvalue weighted by molar-refractivity contribution is 1.15. The van der Waals surface area contributed by atoms with Gasteiger partial charge in [-0.2, -0.15) is 0 Å². The maximum absolute atomic E-state index is 9.38. The summed E-state index contributed by atoms with van der Waals surface area (Å²) in [6.07, 6.45) is 0. The lowest BCUT2D eigenvalue weighted by Gasteiger charge is -2.15. The topological polar surface area (TPSA) is 14.8 Å². The minimum absolute atomic E-state index is 0.0150. The Morgan fingerprint density at radius 3 is 1.53 bits per heavy atom. The zero-order valence-electron chi connectivity index (χ0n) is 36.0. The fourth-order valence-corrected chi connectivity index (χ4v) is 8.02. The highest BCUT2D eigenvalue weighted by atomic mass is 15.0. The average molecular weight is 659 g/mol. The molecule has 0 aliphatic rings. The van der Waals surface area contributed by atoms with Crippen LogP contribution < -0.4 is 0 Å². The Hall–Kier alpha value is -6.84. The van der Waals surface area contributed by atoms with Crippen molar-refractivity contribution >= 4 is 65.4 Å². The number of benzene rings is 8. The average Bonchev–Trinajstić information content (AvgIpc) is 3.92.